The van der Waals surface area contributed by atoms with E-state index in [0.717, 1.165) is 29.7 Å². The molecule has 0 spiro atoms. The Balaban J connectivity index is 1.25. The van der Waals surface area contributed by atoms with Crippen LogP contribution in [0.2, 0.25) is 0 Å². The Morgan fingerprint density at radius 1 is 0.237 bits per heavy atom. The van der Waals surface area contributed by atoms with Crippen LogP contribution >= 0.6 is 47.8 Å². The first kappa shape index (κ1) is 51.8. The van der Waals surface area contributed by atoms with E-state index < -0.39 is 0 Å². The van der Waals surface area contributed by atoms with Crippen LogP contribution in [0.5, 0.6) is 0 Å². The van der Waals surface area contributed by atoms with Crippen molar-refractivity contribution in [1.82, 2.24) is 0 Å². The fourth-order valence-corrected chi connectivity index (χ4v) is 15.5. The average molecular weight is 1230 g/mol. The zero-order chi connectivity index (χ0) is 56.0. The van der Waals surface area contributed by atoms with Gasteiger partial charge in [0.25, 0.3) is 0 Å². The molecule has 2 radical (unpaired) electrons. The number of rotatable bonds is 4. The van der Waals surface area contributed by atoms with Gasteiger partial charge >= 0.3 is 0 Å². The van der Waals surface area contributed by atoms with Crippen LogP contribution in [-0.4, -0.2) is 7.85 Å². The Morgan fingerprint density at radius 2 is 0.463 bits per heavy atom. The van der Waals surface area contributed by atoms with E-state index in [1.165, 1.54) is 153 Å². The first-order chi connectivity index (χ1) is 37.9. The topological polar surface area (TPSA) is 0 Å². The molecule has 14 aromatic carbocycles. The van der Waals surface area contributed by atoms with Crippen molar-refractivity contribution >= 4 is 158 Å². The minimum Gasteiger partial charge on any atom is -0.0878 e. The minimum absolute atomic E-state index is 0.00278. The van der Waals surface area contributed by atoms with Crippen molar-refractivity contribution in [3.63, 3.8) is 0 Å². The lowest BCUT2D eigenvalue weighted by Crippen LogP contribution is -2.10. The van der Waals surface area contributed by atoms with E-state index in [1.54, 1.807) is 0 Å². The van der Waals surface area contributed by atoms with Gasteiger partial charge in [-0.25, -0.2) is 0 Å². The van der Waals surface area contributed by atoms with Gasteiger partial charge < -0.3 is 0 Å². The molecule has 0 heterocycles. The highest BCUT2D eigenvalue weighted by molar-refractivity contribution is 9.11. The van der Waals surface area contributed by atoms with Crippen LogP contribution in [0, 0.1) is 0 Å². The van der Waals surface area contributed by atoms with Crippen molar-refractivity contribution < 1.29 is 0 Å². The van der Waals surface area contributed by atoms with Gasteiger partial charge in [0.05, 0.1) is 0 Å². The Bertz CT molecular complexity index is 4270. The summed E-state index contributed by atoms with van der Waals surface area (Å²) in [7, 11) is 7.24. The maximum absolute atomic E-state index is 7.24. The minimum atomic E-state index is 0.00278. The Labute approximate surface area is 496 Å². The zero-order valence-corrected chi connectivity index (χ0v) is 52.5. The van der Waals surface area contributed by atoms with Crippen LogP contribution in [0.15, 0.2) is 171 Å². The number of halogens is 3. The summed E-state index contributed by atoms with van der Waals surface area (Å²) < 4.78 is 3.14. The van der Waals surface area contributed by atoms with E-state index in [-0.39, 0.29) is 21.7 Å². The second-order valence-corrected chi connectivity index (χ2v) is 29.6. The van der Waals surface area contributed by atoms with Crippen LogP contribution in [-0.2, 0) is 21.7 Å². The summed E-state index contributed by atoms with van der Waals surface area (Å²) >= 11 is 12.4. The second-order valence-electron chi connectivity index (χ2n) is 27.1. The summed E-state index contributed by atoms with van der Waals surface area (Å²) in [6.45, 7) is 27.6. The maximum Gasteiger partial charge on any atom is 0.114 e. The van der Waals surface area contributed by atoms with E-state index in [2.05, 4.69) is 289 Å². The second kappa shape index (κ2) is 17.6. The van der Waals surface area contributed by atoms with E-state index in [4.69, 9.17) is 7.85 Å². The third-order valence-electron chi connectivity index (χ3n) is 17.9. The molecule has 390 valence electrons. The third-order valence-corrected chi connectivity index (χ3v) is 19.9. The van der Waals surface area contributed by atoms with Gasteiger partial charge in [-0.05, 0) is 216 Å². The summed E-state index contributed by atoms with van der Waals surface area (Å²) in [4.78, 5) is 0. The van der Waals surface area contributed by atoms with Crippen molar-refractivity contribution in [3.05, 3.63) is 193 Å². The molecular weight excluding hydrogens is 1160 g/mol. The molecule has 80 heavy (non-hydrogen) atoms. The van der Waals surface area contributed by atoms with Crippen LogP contribution < -0.4 is 5.46 Å². The van der Waals surface area contributed by atoms with Crippen molar-refractivity contribution in [2.75, 3.05) is 0 Å². The summed E-state index contributed by atoms with van der Waals surface area (Å²) in [5.74, 6) is 0. The third kappa shape index (κ3) is 7.70. The molecule has 14 aromatic rings. The number of hydrogen-bond acceptors (Lipinski definition) is 0. The molecule has 0 atom stereocenters. The van der Waals surface area contributed by atoms with Gasteiger partial charge in [0.2, 0.25) is 0 Å². The van der Waals surface area contributed by atoms with E-state index in [1.807, 2.05) is 0 Å². The first-order valence-electron chi connectivity index (χ1n) is 28.2. The molecule has 0 nitrogen and oxygen atoms in total. The molecule has 14 rings (SSSR count). The molecule has 0 aliphatic carbocycles. The highest BCUT2D eigenvalue weighted by Gasteiger charge is 2.30. The van der Waals surface area contributed by atoms with Crippen LogP contribution in [0.25, 0.3) is 141 Å². The average Bonchev–Trinajstić information content (AvgIpc) is 2.34. The SMILES string of the molecule is [B]c1cc(Br)c2cc(-c3ccc(C(C)(C)C)cc3)c3c4ccc5c6c(-c7ccc(C(C)(C)C)cc7)cc7c(Br)cc(Br)c8cc(-c9ccc(C(C)(C)C)cc9)c(c9ccc(c%10c(-c%11ccc(C(C)(C)C)cc%11)cc1c2c%103)c4c95)c6c87. The van der Waals surface area contributed by atoms with Crippen molar-refractivity contribution in [2.45, 2.75) is 105 Å². The molecule has 0 unspecified atom stereocenters. The number of fused-ring (bicyclic) bond motifs is 4. The largest absolute Gasteiger partial charge is 0.114 e. The van der Waals surface area contributed by atoms with Crippen LogP contribution in [0.3, 0.4) is 0 Å². The number of benzene rings is 14. The Hall–Kier alpha value is -6.30. The summed E-state index contributed by atoms with van der Waals surface area (Å²) in [5.41, 5.74) is 15.7. The van der Waals surface area contributed by atoms with Crippen LogP contribution in [0.1, 0.15) is 105 Å². The van der Waals surface area contributed by atoms with Crippen LogP contribution in [0.4, 0.5) is 0 Å². The molecule has 0 aliphatic rings. The normalized spacial score (nSPS) is 13.2. The Kier molecular flexibility index (Phi) is 11.4. The summed E-state index contributed by atoms with van der Waals surface area (Å²) in [6, 6.07) is 61.6. The smallest absolute Gasteiger partial charge is 0.0878 e. The zero-order valence-electron chi connectivity index (χ0n) is 47.7. The lowest BCUT2D eigenvalue weighted by molar-refractivity contribution is 0.590. The summed E-state index contributed by atoms with van der Waals surface area (Å²) in [5, 5.41) is 22.3. The predicted molar refractivity (Wildman–Crippen MR) is 363 cm³/mol. The molecule has 0 saturated heterocycles. The standard InChI is InChI=1S/C76H62BBr3/c1-73(2,3)43-21-13-39(14-22-43)51-33-55-59(77)37-60(78)56-34-52(40-15-23-44(24-16-40)74(4,5)6)66-48-30-32-50-64-49(31-29-47(63(48)64)65(51)71(66)69(55)56)67-53(41-17-25-45(26-18-41)75(7,8)9)35-57-61(79)38-62(80)58-36-54(68(50)72(67)70(57)58)42-19-27-46(28-20-42)76(10,11)12/h13-38H,1-12H3. The highest BCUT2D eigenvalue weighted by Crippen LogP contribution is 2.57. The monoisotopic (exact) mass is 1220 g/mol. The van der Waals surface area contributed by atoms with E-state index >= 15 is 0 Å². The van der Waals surface area contributed by atoms with Gasteiger partial charge in [-0.2, -0.15) is 0 Å². The van der Waals surface area contributed by atoms with Gasteiger partial charge in [-0.15, -0.1) is 0 Å². The quantitative estimate of drug-likeness (QED) is 0.0936. The number of hydrogen-bond donors (Lipinski definition) is 0. The predicted octanol–water partition coefficient (Wildman–Crippen LogP) is 23.3. The molecule has 0 N–H and O–H groups in total. The van der Waals surface area contributed by atoms with Gasteiger partial charge in [-0.3, -0.25) is 0 Å². The fourth-order valence-electron chi connectivity index (χ4n) is 13.6. The van der Waals surface area contributed by atoms with Gasteiger partial charge in [0.1, 0.15) is 7.85 Å². The van der Waals surface area contributed by atoms with E-state index in [0.29, 0.717) is 0 Å². The van der Waals surface area contributed by atoms with Crippen molar-refractivity contribution in [3.8, 4) is 44.5 Å². The van der Waals surface area contributed by atoms with Gasteiger partial charge in [-0.1, -0.05) is 264 Å². The maximum atomic E-state index is 7.24. The summed E-state index contributed by atoms with van der Waals surface area (Å²) in [6.07, 6.45) is 0. The van der Waals surface area contributed by atoms with E-state index in [9.17, 15) is 0 Å². The molecule has 0 amide bonds. The molecule has 0 bridgehead atoms. The van der Waals surface area contributed by atoms with Crippen molar-refractivity contribution in [2.24, 2.45) is 0 Å². The molecule has 0 saturated carbocycles. The molecule has 0 aliphatic heterocycles. The molecule has 0 fully saturated rings. The highest BCUT2D eigenvalue weighted by atomic mass is 79.9. The van der Waals surface area contributed by atoms with Gasteiger partial charge in [0.15, 0.2) is 0 Å². The Morgan fingerprint density at radius 3 is 0.725 bits per heavy atom. The van der Waals surface area contributed by atoms with Crippen molar-refractivity contribution in [1.29, 1.82) is 0 Å². The molecule has 0 aromatic heterocycles. The first-order valence-corrected chi connectivity index (χ1v) is 30.6. The van der Waals surface area contributed by atoms with Gasteiger partial charge in [0, 0.05) is 13.4 Å². The molecular formula is C76H62BBr3. The lowest BCUT2D eigenvalue weighted by atomic mass is 9.76. The molecule has 4 heteroatoms. The lowest BCUT2D eigenvalue weighted by Gasteiger charge is -2.27. The fraction of sp³-hybridized carbons (Fsp3) is 0.211.